The van der Waals surface area contributed by atoms with Crippen LogP contribution < -0.4 is 10.1 Å². The van der Waals surface area contributed by atoms with E-state index < -0.39 is 5.91 Å². The maximum Gasteiger partial charge on any atom is 0.263 e. The molecule has 0 aliphatic rings. The molecule has 0 saturated carbocycles. The van der Waals surface area contributed by atoms with Gasteiger partial charge in [0.05, 0.1) is 20.1 Å². The first kappa shape index (κ1) is 20.0. The number of rotatable bonds is 4. The maximum absolute atomic E-state index is 12.3. The van der Waals surface area contributed by atoms with E-state index in [1.165, 1.54) is 6.20 Å². The smallest absolute Gasteiger partial charge is 0.263 e. The predicted molar refractivity (Wildman–Crippen MR) is 110 cm³/mol. The van der Waals surface area contributed by atoms with Crippen molar-refractivity contribution in [1.29, 1.82) is 0 Å². The van der Waals surface area contributed by atoms with E-state index in [1.54, 1.807) is 13.0 Å². The molecule has 0 aliphatic heterocycles. The fourth-order valence-corrected chi connectivity index (χ4v) is 3.34. The van der Waals surface area contributed by atoms with Gasteiger partial charge in [-0.05, 0) is 37.6 Å². The molecule has 3 rings (SSSR count). The second-order valence-electron chi connectivity index (χ2n) is 5.75. The molecule has 0 spiro atoms. The molecule has 2 heterocycles. The summed E-state index contributed by atoms with van der Waals surface area (Å²) in [5.74, 6) is 0.0207. The Bertz CT molecular complexity index is 1060. The highest BCUT2D eigenvalue weighted by Gasteiger charge is 2.16. The Kier molecular flexibility index (Phi) is 5.96. The number of aryl methyl sites for hydroxylation is 1. The van der Waals surface area contributed by atoms with Crippen LogP contribution in [-0.4, -0.2) is 22.5 Å². The van der Waals surface area contributed by atoms with Crippen LogP contribution in [0.4, 0.5) is 5.82 Å². The maximum atomic E-state index is 12.3. The summed E-state index contributed by atoms with van der Waals surface area (Å²) in [6, 6.07) is 5.20. The van der Waals surface area contributed by atoms with Gasteiger partial charge in [-0.2, -0.15) is 0 Å². The Morgan fingerprint density at radius 3 is 2.59 bits per heavy atom. The monoisotopic (exact) mass is 443 g/mol. The molecule has 0 unspecified atom stereocenters. The Morgan fingerprint density at radius 2 is 1.85 bits per heavy atom. The van der Waals surface area contributed by atoms with Crippen LogP contribution in [0.15, 0.2) is 24.4 Å². The summed E-state index contributed by atoms with van der Waals surface area (Å²) in [5, 5.41) is 4.66. The van der Waals surface area contributed by atoms with Crippen LogP contribution >= 0.6 is 46.4 Å². The van der Waals surface area contributed by atoms with Gasteiger partial charge in [0.15, 0.2) is 18.2 Å². The van der Waals surface area contributed by atoms with Crippen LogP contribution in [0.1, 0.15) is 11.3 Å². The SMILES string of the molecule is Cc1ccc2c(Cl)cc(Cl)c(OCC(=O)Nc3ncc(Cl)c(C)c3Cl)c2n1. The number of amides is 1. The van der Waals surface area contributed by atoms with E-state index in [2.05, 4.69) is 15.3 Å². The number of carbonyl (C=O) groups excluding carboxylic acids is 1. The van der Waals surface area contributed by atoms with Gasteiger partial charge < -0.3 is 10.1 Å². The second-order valence-corrected chi connectivity index (χ2v) is 7.35. The Hall–Kier alpha value is -1.79. The van der Waals surface area contributed by atoms with Gasteiger partial charge in [0.1, 0.15) is 5.52 Å². The Morgan fingerprint density at radius 1 is 1.11 bits per heavy atom. The molecule has 5 nitrogen and oxygen atoms in total. The molecule has 0 atom stereocenters. The van der Waals surface area contributed by atoms with Crippen molar-refractivity contribution in [1.82, 2.24) is 9.97 Å². The van der Waals surface area contributed by atoms with Crippen molar-refractivity contribution in [2.75, 3.05) is 11.9 Å². The van der Waals surface area contributed by atoms with Gasteiger partial charge >= 0.3 is 0 Å². The zero-order chi connectivity index (χ0) is 19.7. The highest BCUT2D eigenvalue weighted by Crippen LogP contribution is 2.37. The number of fused-ring (bicyclic) bond motifs is 1. The molecule has 0 bridgehead atoms. The average molecular weight is 445 g/mol. The number of hydrogen-bond donors (Lipinski definition) is 1. The van der Waals surface area contributed by atoms with E-state index in [9.17, 15) is 4.79 Å². The number of pyridine rings is 2. The fraction of sp³-hybridized carbons (Fsp3) is 0.167. The molecular formula is C18H13Cl4N3O2. The Balaban J connectivity index is 1.82. The van der Waals surface area contributed by atoms with Gasteiger partial charge in [-0.25, -0.2) is 9.97 Å². The molecule has 0 aliphatic carbocycles. The molecule has 1 amide bonds. The third-order valence-corrected chi connectivity index (χ3v) is 5.22. The van der Waals surface area contributed by atoms with Gasteiger partial charge in [-0.15, -0.1) is 0 Å². The first-order chi connectivity index (χ1) is 12.8. The van der Waals surface area contributed by atoms with Gasteiger partial charge in [0.2, 0.25) is 0 Å². The number of benzene rings is 1. The minimum atomic E-state index is -0.460. The van der Waals surface area contributed by atoms with Crippen molar-refractivity contribution in [3.05, 3.63) is 55.7 Å². The van der Waals surface area contributed by atoms with Crippen molar-refractivity contribution in [2.24, 2.45) is 0 Å². The number of hydrogen-bond acceptors (Lipinski definition) is 4. The lowest BCUT2D eigenvalue weighted by Crippen LogP contribution is -2.21. The highest BCUT2D eigenvalue weighted by atomic mass is 35.5. The number of anilines is 1. The lowest BCUT2D eigenvalue weighted by Gasteiger charge is -2.13. The van der Waals surface area contributed by atoms with E-state index in [-0.39, 0.29) is 28.2 Å². The van der Waals surface area contributed by atoms with E-state index in [1.807, 2.05) is 19.1 Å². The summed E-state index contributed by atoms with van der Waals surface area (Å²) in [6.45, 7) is 3.25. The van der Waals surface area contributed by atoms with Crippen LogP contribution in [0.3, 0.4) is 0 Å². The number of halogens is 4. The summed E-state index contributed by atoms with van der Waals surface area (Å²) in [4.78, 5) is 20.7. The zero-order valence-electron chi connectivity index (χ0n) is 14.2. The summed E-state index contributed by atoms with van der Waals surface area (Å²) in [7, 11) is 0. The number of nitrogens with zero attached hydrogens (tertiary/aromatic N) is 2. The minimum absolute atomic E-state index is 0.202. The van der Waals surface area contributed by atoms with Crippen molar-refractivity contribution in [3.8, 4) is 5.75 Å². The number of carbonyl (C=O) groups is 1. The van der Waals surface area contributed by atoms with Gasteiger partial charge in [0, 0.05) is 17.3 Å². The predicted octanol–water partition coefficient (Wildman–Crippen LogP) is 5.88. The average Bonchev–Trinajstić information content (AvgIpc) is 2.61. The van der Waals surface area contributed by atoms with Crippen molar-refractivity contribution >= 4 is 69.0 Å². The molecule has 0 fully saturated rings. The molecule has 1 aromatic carbocycles. The molecule has 140 valence electrons. The first-order valence-corrected chi connectivity index (χ1v) is 9.27. The molecular weight excluding hydrogens is 432 g/mol. The summed E-state index contributed by atoms with van der Waals surface area (Å²) in [5.41, 5.74) is 1.87. The van der Waals surface area contributed by atoms with Crippen LogP contribution in [0.5, 0.6) is 5.75 Å². The van der Waals surface area contributed by atoms with E-state index >= 15 is 0 Å². The summed E-state index contributed by atoms with van der Waals surface area (Å²) < 4.78 is 5.63. The Labute approximate surface area is 175 Å². The number of aromatic nitrogens is 2. The minimum Gasteiger partial charge on any atom is -0.480 e. The van der Waals surface area contributed by atoms with Gasteiger partial charge in [-0.3, -0.25) is 4.79 Å². The fourth-order valence-electron chi connectivity index (χ4n) is 2.38. The first-order valence-electron chi connectivity index (χ1n) is 7.76. The van der Waals surface area contributed by atoms with E-state index in [4.69, 9.17) is 51.1 Å². The van der Waals surface area contributed by atoms with Crippen LogP contribution in [0, 0.1) is 13.8 Å². The quantitative estimate of drug-likeness (QED) is 0.545. The second kappa shape index (κ2) is 8.07. The largest absolute Gasteiger partial charge is 0.480 e. The topological polar surface area (TPSA) is 64.1 Å². The van der Waals surface area contributed by atoms with Crippen LogP contribution in [0.25, 0.3) is 10.9 Å². The molecule has 9 heteroatoms. The van der Waals surface area contributed by atoms with Crippen molar-refractivity contribution in [2.45, 2.75) is 13.8 Å². The van der Waals surface area contributed by atoms with Gasteiger partial charge in [-0.1, -0.05) is 46.4 Å². The zero-order valence-corrected chi connectivity index (χ0v) is 17.3. The summed E-state index contributed by atoms with van der Waals surface area (Å²) in [6.07, 6.45) is 1.41. The lowest BCUT2D eigenvalue weighted by atomic mass is 10.2. The third-order valence-electron chi connectivity index (χ3n) is 3.79. The van der Waals surface area contributed by atoms with Gasteiger partial charge in [0.25, 0.3) is 5.91 Å². The molecule has 0 radical (unpaired) electrons. The molecule has 0 saturated heterocycles. The van der Waals surface area contributed by atoms with Crippen molar-refractivity contribution in [3.63, 3.8) is 0 Å². The van der Waals surface area contributed by atoms with E-state index in [0.717, 1.165) is 5.69 Å². The van der Waals surface area contributed by atoms with Crippen LogP contribution in [-0.2, 0) is 4.79 Å². The molecule has 3 aromatic rings. The lowest BCUT2D eigenvalue weighted by molar-refractivity contribution is -0.118. The molecule has 27 heavy (non-hydrogen) atoms. The number of ether oxygens (including phenoxy) is 1. The third kappa shape index (κ3) is 4.22. The summed E-state index contributed by atoms with van der Waals surface area (Å²) >= 11 is 24.5. The standard InChI is InChI=1S/C18H13Cl4N3O2/c1-8-3-4-10-11(19)5-12(20)17(16(10)24-8)27-7-14(26)25-18-15(22)9(2)13(21)6-23-18/h3-6H,7H2,1-2H3,(H,23,25,26). The van der Waals surface area contributed by atoms with Crippen LogP contribution in [0.2, 0.25) is 20.1 Å². The highest BCUT2D eigenvalue weighted by molar-refractivity contribution is 6.39. The van der Waals surface area contributed by atoms with Crippen molar-refractivity contribution < 1.29 is 9.53 Å². The molecule has 2 aromatic heterocycles. The van der Waals surface area contributed by atoms with E-state index in [0.29, 0.717) is 26.5 Å². The normalized spacial score (nSPS) is 10.9. The molecule has 1 N–H and O–H groups in total. The number of nitrogens with one attached hydrogen (secondary N) is 1.